The van der Waals surface area contributed by atoms with Crippen molar-refractivity contribution in [2.24, 2.45) is 0 Å². The maximum Gasteiger partial charge on any atom is 0.150 e. The maximum absolute atomic E-state index is 9.32. The zero-order valence-corrected chi connectivity index (χ0v) is 10.6. The van der Waals surface area contributed by atoms with Crippen molar-refractivity contribution in [3.05, 3.63) is 24.3 Å². The van der Waals surface area contributed by atoms with E-state index >= 15 is 0 Å². The quantitative estimate of drug-likeness (QED) is 0.706. The van der Waals surface area contributed by atoms with Crippen LogP contribution in [0.15, 0.2) is 24.3 Å². The van der Waals surface area contributed by atoms with Crippen molar-refractivity contribution >= 4 is 11.6 Å². The minimum atomic E-state index is -0.802. The van der Waals surface area contributed by atoms with Gasteiger partial charge in [-0.1, -0.05) is 24.3 Å². The van der Waals surface area contributed by atoms with Gasteiger partial charge >= 0.3 is 0 Å². The topological polar surface area (TPSA) is 36.3 Å². The first kappa shape index (κ1) is 12.6. The monoisotopic (exact) mass is 252 g/mol. The highest BCUT2D eigenvalue weighted by Gasteiger charge is 2.42. The average molecular weight is 253 g/mol. The van der Waals surface area contributed by atoms with Crippen LogP contribution in [0, 0.1) is 11.3 Å². The Balaban J connectivity index is 2.24. The lowest BCUT2D eigenvalue weighted by molar-refractivity contribution is 0.0196. The predicted molar refractivity (Wildman–Crippen MR) is 67.9 cm³/mol. The van der Waals surface area contributed by atoms with Gasteiger partial charge < -0.3 is 4.74 Å². The molecule has 17 heavy (non-hydrogen) atoms. The second-order valence-electron chi connectivity index (χ2n) is 4.51. The highest BCUT2D eigenvalue weighted by Crippen LogP contribution is 2.36. The van der Waals surface area contributed by atoms with Crippen molar-refractivity contribution in [1.82, 2.24) is 4.90 Å². The summed E-state index contributed by atoms with van der Waals surface area (Å²) in [6.07, 6.45) is 5.48. The molecular formula is C13H17ClN2O. The zero-order valence-electron chi connectivity index (χ0n) is 9.86. The first-order valence-electron chi connectivity index (χ1n) is 5.95. The van der Waals surface area contributed by atoms with Crippen molar-refractivity contribution in [3.63, 3.8) is 0 Å². The van der Waals surface area contributed by atoms with Gasteiger partial charge in [-0.25, -0.2) is 0 Å². The maximum atomic E-state index is 9.32. The molecule has 0 saturated carbocycles. The third-order valence-electron chi connectivity index (χ3n) is 3.51. The number of alkyl halides is 1. The molecule has 92 valence electrons. The highest BCUT2D eigenvalue weighted by molar-refractivity contribution is 6.26. The van der Waals surface area contributed by atoms with E-state index in [9.17, 15) is 5.26 Å². The molecule has 2 rings (SSSR count). The Hall–Kier alpha value is -0.820. The zero-order chi connectivity index (χ0) is 12.3. The summed E-state index contributed by atoms with van der Waals surface area (Å²) >= 11 is 6.46. The molecule has 0 amide bonds. The van der Waals surface area contributed by atoms with E-state index in [1.807, 2.05) is 6.08 Å². The first-order valence-corrected chi connectivity index (χ1v) is 6.32. The van der Waals surface area contributed by atoms with Gasteiger partial charge in [0.1, 0.15) is 4.87 Å². The molecule has 0 radical (unpaired) electrons. The largest absolute Gasteiger partial charge is 0.379 e. The van der Waals surface area contributed by atoms with Gasteiger partial charge in [-0.15, -0.1) is 11.6 Å². The summed E-state index contributed by atoms with van der Waals surface area (Å²) in [5.74, 6) is 0. The molecule has 0 N–H and O–H groups in total. The third-order valence-corrected chi connectivity index (χ3v) is 4.00. The number of nitriles is 1. The van der Waals surface area contributed by atoms with Crippen LogP contribution < -0.4 is 0 Å². The number of allylic oxidation sites excluding steroid dienone is 2. The van der Waals surface area contributed by atoms with Crippen molar-refractivity contribution < 1.29 is 4.74 Å². The van der Waals surface area contributed by atoms with Gasteiger partial charge in [0.05, 0.1) is 25.3 Å². The normalized spacial score (nSPS) is 34.8. The van der Waals surface area contributed by atoms with E-state index in [2.05, 4.69) is 23.6 Å². The highest BCUT2D eigenvalue weighted by atomic mass is 35.5. The van der Waals surface area contributed by atoms with Crippen LogP contribution >= 0.6 is 11.6 Å². The van der Waals surface area contributed by atoms with Gasteiger partial charge in [-0.2, -0.15) is 5.26 Å². The molecule has 4 heteroatoms. The Bertz CT molecular complexity index is 368. The van der Waals surface area contributed by atoms with Gasteiger partial charge in [-0.05, 0) is 12.8 Å². The molecule has 1 aliphatic heterocycles. The number of hydrogen-bond acceptors (Lipinski definition) is 3. The summed E-state index contributed by atoms with van der Waals surface area (Å²) in [7, 11) is 0. The summed E-state index contributed by atoms with van der Waals surface area (Å²) in [6.45, 7) is 6.90. The van der Waals surface area contributed by atoms with E-state index in [1.165, 1.54) is 5.57 Å². The Morgan fingerprint density at radius 3 is 2.88 bits per heavy atom. The van der Waals surface area contributed by atoms with Crippen molar-refractivity contribution in [1.29, 1.82) is 5.26 Å². The lowest BCUT2D eigenvalue weighted by Gasteiger charge is -2.41. The minimum Gasteiger partial charge on any atom is -0.379 e. The summed E-state index contributed by atoms with van der Waals surface area (Å²) in [6, 6.07) is 2.25. The van der Waals surface area contributed by atoms with Gasteiger partial charge in [-0.3, -0.25) is 4.90 Å². The summed E-state index contributed by atoms with van der Waals surface area (Å²) < 4.78 is 5.34. The van der Waals surface area contributed by atoms with Crippen LogP contribution in [0.2, 0.25) is 0 Å². The fourth-order valence-corrected chi connectivity index (χ4v) is 2.73. The second kappa shape index (κ2) is 5.22. The molecule has 1 aliphatic carbocycles. The molecule has 0 aromatic heterocycles. The van der Waals surface area contributed by atoms with Crippen LogP contribution in [0.25, 0.3) is 0 Å². The Labute approximate surface area is 107 Å². The summed E-state index contributed by atoms with van der Waals surface area (Å²) in [5, 5.41) is 9.32. The van der Waals surface area contributed by atoms with Crippen LogP contribution in [-0.4, -0.2) is 42.1 Å². The molecule has 0 spiro atoms. The van der Waals surface area contributed by atoms with Gasteiger partial charge in [0.2, 0.25) is 0 Å². The van der Waals surface area contributed by atoms with E-state index in [1.54, 1.807) is 0 Å². The molecule has 2 atom stereocenters. The molecule has 3 nitrogen and oxygen atoms in total. The van der Waals surface area contributed by atoms with Gasteiger partial charge in [0, 0.05) is 13.1 Å². The van der Waals surface area contributed by atoms with E-state index < -0.39 is 4.87 Å². The van der Waals surface area contributed by atoms with Gasteiger partial charge in [0.25, 0.3) is 0 Å². The van der Waals surface area contributed by atoms with Crippen LogP contribution in [0.4, 0.5) is 0 Å². The molecule has 2 aliphatic rings. The van der Waals surface area contributed by atoms with Crippen LogP contribution in [-0.2, 0) is 4.74 Å². The number of nitrogens with zero attached hydrogens (tertiary/aromatic N) is 2. The molecule has 1 heterocycles. The van der Waals surface area contributed by atoms with Crippen LogP contribution in [0.3, 0.4) is 0 Å². The molecule has 0 aromatic carbocycles. The SMILES string of the molecule is C=CC1=C[C@@H](N2CCOCC2)[C@@](Cl)(C#N)CC1. The van der Waals surface area contributed by atoms with Crippen molar-refractivity contribution in [2.75, 3.05) is 26.3 Å². The molecule has 0 aromatic rings. The number of ether oxygens (including phenoxy) is 1. The molecule has 1 fully saturated rings. The summed E-state index contributed by atoms with van der Waals surface area (Å²) in [5.41, 5.74) is 1.19. The average Bonchev–Trinajstić information content (AvgIpc) is 2.40. The standard InChI is InChI=1S/C13H17ClN2O/c1-2-11-3-4-13(14,10-15)12(9-11)16-5-7-17-8-6-16/h2,9,12H,1,3-8H2/t12-,13+/m1/s1. The lowest BCUT2D eigenvalue weighted by atomic mass is 9.84. The van der Waals surface area contributed by atoms with E-state index in [4.69, 9.17) is 16.3 Å². The predicted octanol–water partition coefficient (Wildman–Crippen LogP) is 2.09. The number of halogens is 1. The Morgan fingerprint density at radius 1 is 1.59 bits per heavy atom. The minimum absolute atomic E-state index is 0.0279. The molecule has 0 bridgehead atoms. The van der Waals surface area contributed by atoms with E-state index in [0.29, 0.717) is 19.6 Å². The van der Waals surface area contributed by atoms with Crippen LogP contribution in [0.1, 0.15) is 12.8 Å². The molecule has 0 unspecified atom stereocenters. The number of rotatable bonds is 2. The number of hydrogen-bond donors (Lipinski definition) is 0. The van der Waals surface area contributed by atoms with E-state index in [-0.39, 0.29) is 6.04 Å². The lowest BCUT2D eigenvalue weighted by Crippen LogP contribution is -2.53. The number of morpholine rings is 1. The van der Waals surface area contributed by atoms with Gasteiger partial charge in [0.15, 0.2) is 0 Å². The van der Waals surface area contributed by atoms with Crippen molar-refractivity contribution in [2.45, 2.75) is 23.8 Å². The van der Waals surface area contributed by atoms with Crippen LogP contribution in [0.5, 0.6) is 0 Å². The smallest absolute Gasteiger partial charge is 0.150 e. The molecule has 1 saturated heterocycles. The third kappa shape index (κ3) is 2.55. The second-order valence-corrected chi connectivity index (χ2v) is 5.19. The fraction of sp³-hybridized carbons (Fsp3) is 0.615. The Kier molecular flexibility index (Phi) is 3.88. The Morgan fingerprint density at radius 2 is 2.29 bits per heavy atom. The summed E-state index contributed by atoms with van der Waals surface area (Å²) in [4.78, 5) is 1.44. The first-order chi connectivity index (χ1) is 8.19. The fourth-order valence-electron chi connectivity index (χ4n) is 2.43. The van der Waals surface area contributed by atoms with Crippen molar-refractivity contribution in [3.8, 4) is 6.07 Å². The van der Waals surface area contributed by atoms with E-state index in [0.717, 1.165) is 19.5 Å². The molecular weight excluding hydrogens is 236 g/mol.